The SMILES string of the molecule is C[C@H]1COCCN1c1nc(N2CCOC[C@@H]2C)c2ccc(-c3cc[c]c(CO)c3)nc2n1. The lowest BCUT2D eigenvalue weighted by Gasteiger charge is -2.37. The fourth-order valence-electron chi connectivity index (χ4n) is 4.32. The van der Waals surface area contributed by atoms with Crippen molar-refractivity contribution in [3.05, 3.63) is 42.0 Å². The Morgan fingerprint density at radius 2 is 1.75 bits per heavy atom. The van der Waals surface area contributed by atoms with E-state index in [-0.39, 0.29) is 18.7 Å². The van der Waals surface area contributed by atoms with Crippen molar-refractivity contribution in [3.63, 3.8) is 0 Å². The molecule has 167 valence electrons. The summed E-state index contributed by atoms with van der Waals surface area (Å²) in [6.45, 7) is 8.42. The molecular weight excluding hydrogens is 406 g/mol. The molecule has 32 heavy (non-hydrogen) atoms. The smallest absolute Gasteiger partial charge is 0.229 e. The Morgan fingerprint density at radius 1 is 1.00 bits per heavy atom. The molecule has 2 saturated heterocycles. The number of fused-ring (bicyclic) bond motifs is 1. The number of pyridine rings is 1. The third-order valence-electron chi connectivity index (χ3n) is 6.12. The summed E-state index contributed by atoms with van der Waals surface area (Å²) < 4.78 is 11.3. The average molecular weight is 435 g/mol. The summed E-state index contributed by atoms with van der Waals surface area (Å²) in [7, 11) is 0. The van der Waals surface area contributed by atoms with Gasteiger partial charge in [0.1, 0.15) is 5.82 Å². The number of aliphatic hydroxyl groups is 1. The molecule has 0 bridgehead atoms. The number of rotatable bonds is 4. The van der Waals surface area contributed by atoms with Crippen molar-refractivity contribution >= 4 is 22.8 Å². The second-order valence-electron chi connectivity index (χ2n) is 8.41. The quantitative estimate of drug-likeness (QED) is 0.670. The fourth-order valence-corrected chi connectivity index (χ4v) is 4.32. The highest BCUT2D eigenvalue weighted by molar-refractivity contribution is 5.90. The molecule has 1 aromatic carbocycles. The van der Waals surface area contributed by atoms with E-state index in [2.05, 4.69) is 35.8 Å². The van der Waals surface area contributed by atoms with Gasteiger partial charge in [-0.3, -0.25) is 0 Å². The Hall–Kier alpha value is -2.81. The van der Waals surface area contributed by atoms with Gasteiger partial charge >= 0.3 is 0 Å². The van der Waals surface area contributed by atoms with Gasteiger partial charge in [0.15, 0.2) is 5.65 Å². The second-order valence-corrected chi connectivity index (χ2v) is 8.41. The topological polar surface area (TPSA) is 83.8 Å². The summed E-state index contributed by atoms with van der Waals surface area (Å²) in [6.07, 6.45) is 0. The van der Waals surface area contributed by atoms with Gasteiger partial charge in [-0.1, -0.05) is 12.1 Å². The predicted octanol–water partition coefficient (Wildman–Crippen LogP) is 2.43. The van der Waals surface area contributed by atoms with Crippen molar-refractivity contribution in [1.29, 1.82) is 0 Å². The van der Waals surface area contributed by atoms with Crippen LogP contribution in [0.4, 0.5) is 11.8 Å². The summed E-state index contributed by atoms with van der Waals surface area (Å²) in [5.41, 5.74) is 3.13. The maximum absolute atomic E-state index is 9.49. The lowest BCUT2D eigenvalue weighted by atomic mass is 10.1. The van der Waals surface area contributed by atoms with E-state index in [1.165, 1.54) is 0 Å². The molecule has 0 saturated carbocycles. The van der Waals surface area contributed by atoms with Gasteiger partial charge in [-0.15, -0.1) is 0 Å². The summed E-state index contributed by atoms with van der Waals surface area (Å²) in [5.74, 6) is 1.58. The number of nitrogens with zero attached hydrogens (tertiary/aromatic N) is 5. The zero-order valence-corrected chi connectivity index (χ0v) is 18.5. The van der Waals surface area contributed by atoms with Gasteiger partial charge < -0.3 is 24.4 Å². The van der Waals surface area contributed by atoms with Gasteiger partial charge in [0.25, 0.3) is 0 Å². The van der Waals surface area contributed by atoms with Crippen molar-refractivity contribution in [1.82, 2.24) is 15.0 Å². The molecular formula is C24H28N5O3. The zero-order valence-electron chi connectivity index (χ0n) is 18.5. The van der Waals surface area contributed by atoms with Crippen molar-refractivity contribution in [3.8, 4) is 11.3 Å². The number of anilines is 2. The fraction of sp³-hybridized carbons (Fsp3) is 0.458. The van der Waals surface area contributed by atoms with Crippen LogP contribution in [0.1, 0.15) is 19.4 Å². The van der Waals surface area contributed by atoms with Crippen LogP contribution in [0.2, 0.25) is 0 Å². The van der Waals surface area contributed by atoms with Gasteiger partial charge in [0.05, 0.1) is 56.2 Å². The lowest BCUT2D eigenvalue weighted by Crippen LogP contribution is -2.46. The van der Waals surface area contributed by atoms with Crippen LogP contribution in [0.25, 0.3) is 22.3 Å². The zero-order chi connectivity index (χ0) is 22.1. The van der Waals surface area contributed by atoms with Gasteiger partial charge in [0, 0.05) is 18.7 Å². The number of aliphatic hydroxyl groups excluding tert-OH is 1. The molecule has 0 amide bonds. The van der Waals surface area contributed by atoms with E-state index in [9.17, 15) is 5.11 Å². The maximum Gasteiger partial charge on any atom is 0.229 e. The number of morpholine rings is 2. The van der Waals surface area contributed by atoms with Crippen LogP contribution in [0.5, 0.6) is 0 Å². The van der Waals surface area contributed by atoms with E-state index >= 15 is 0 Å². The summed E-state index contributed by atoms with van der Waals surface area (Å²) in [4.78, 5) is 19.3. The average Bonchev–Trinajstić information content (AvgIpc) is 2.83. The first-order valence-corrected chi connectivity index (χ1v) is 11.1. The molecule has 8 nitrogen and oxygen atoms in total. The molecule has 2 aromatic heterocycles. The van der Waals surface area contributed by atoms with Crippen LogP contribution in [-0.2, 0) is 16.1 Å². The van der Waals surface area contributed by atoms with Crippen LogP contribution in [-0.4, -0.2) is 71.7 Å². The third kappa shape index (κ3) is 4.01. The normalized spacial score (nSPS) is 21.8. The minimum Gasteiger partial charge on any atom is -0.392 e. The van der Waals surface area contributed by atoms with E-state index in [1.54, 1.807) is 0 Å². The first-order chi connectivity index (χ1) is 15.6. The molecule has 3 aromatic rings. The molecule has 0 aliphatic carbocycles. The monoisotopic (exact) mass is 434 g/mol. The van der Waals surface area contributed by atoms with Crippen LogP contribution < -0.4 is 9.80 Å². The summed E-state index contributed by atoms with van der Waals surface area (Å²) in [6, 6.07) is 13.2. The first kappa shape index (κ1) is 21.1. The lowest BCUT2D eigenvalue weighted by molar-refractivity contribution is 0.0973. The number of benzene rings is 1. The minimum atomic E-state index is -0.0538. The summed E-state index contributed by atoms with van der Waals surface area (Å²) in [5, 5.41) is 10.4. The molecule has 1 N–H and O–H groups in total. The third-order valence-corrected chi connectivity index (χ3v) is 6.12. The molecule has 2 aliphatic heterocycles. The van der Waals surface area contributed by atoms with Crippen LogP contribution in [0.15, 0.2) is 30.3 Å². The Morgan fingerprint density at radius 3 is 2.47 bits per heavy atom. The number of hydrogen-bond acceptors (Lipinski definition) is 8. The van der Waals surface area contributed by atoms with Crippen molar-refractivity contribution < 1.29 is 14.6 Å². The van der Waals surface area contributed by atoms with Crippen molar-refractivity contribution in [2.24, 2.45) is 0 Å². The highest BCUT2D eigenvalue weighted by atomic mass is 16.5. The summed E-state index contributed by atoms with van der Waals surface area (Å²) >= 11 is 0. The van der Waals surface area contributed by atoms with Crippen LogP contribution in [0, 0.1) is 6.07 Å². The minimum absolute atomic E-state index is 0.0538. The first-order valence-electron chi connectivity index (χ1n) is 11.1. The molecule has 0 unspecified atom stereocenters. The van der Waals surface area contributed by atoms with E-state index in [0.29, 0.717) is 38.0 Å². The number of aromatic nitrogens is 3. The Kier molecular flexibility index (Phi) is 5.91. The molecule has 2 atom stereocenters. The number of ether oxygens (including phenoxy) is 2. The van der Waals surface area contributed by atoms with Gasteiger partial charge in [-0.2, -0.15) is 9.97 Å². The standard InChI is InChI=1S/C24H28N5O3/c1-16-14-31-10-8-28(16)23-20-6-7-21(19-5-3-4-18(12-19)13-30)25-22(20)26-24(27-23)29-9-11-32-15-17(29)2/h3,5-7,12,16-17,30H,8-11,13-15H2,1-2H3/t16-,17-/m0/s1. The molecule has 2 fully saturated rings. The molecule has 2 aliphatic rings. The van der Waals surface area contributed by atoms with E-state index in [0.717, 1.165) is 41.1 Å². The Bertz CT molecular complexity index is 1110. The van der Waals surface area contributed by atoms with Crippen LogP contribution >= 0.6 is 0 Å². The van der Waals surface area contributed by atoms with Gasteiger partial charge in [-0.05, 0) is 43.7 Å². The van der Waals surface area contributed by atoms with Crippen LogP contribution in [0.3, 0.4) is 0 Å². The van der Waals surface area contributed by atoms with E-state index < -0.39 is 0 Å². The highest BCUT2D eigenvalue weighted by Crippen LogP contribution is 2.31. The second kappa shape index (κ2) is 8.97. The van der Waals surface area contributed by atoms with Crippen molar-refractivity contribution in [2.45, 2.75) is 32.5 Å². The molecule has 4 heterocycles. The Labute approximate surface area is 187 Å². The highest BCUT2D eigenvalue weighted by Gasteiger charge is 2.27. The molecule has 5 rings (SSSR count). The molecule has 8 heteroatoms. The van der Waals surface area contributed by atoms with Gasteiger partial charge in [-0.25, -0.2) is 4.98 Å². The number of hydrogen-bond donors (Lipinski definition) is 1. The maximum atomic E-state index is 9.49. The molecule has 1 radical (unpaired) electrons. The van der Waals surface area contributed by atoms with E-state index in [1.807, 2.05) is 24.3 Å². The van der Waals surface area contributed by atoms with Gasteiger partial charge in [0.2, 0.25) is 5.95 Å². The van der Waals surface area contributed by atoms with E-state index in [4.69, 9.17) is 24.4 Å². The largest absolute Gasteiger partial charge is 0.392 e. The van der Waals surface area contributed by atoms with Crippen molar-refractivity contribution in [2.75, 3.05) is 49.3 Å². The Balaban J connectivity index is 1.65. The predicted molar refractivity (Wildman–Crippen MR) is 123 cm³/mol. The molecule has 0 spiro atoms.